The summed E-state index contributed by atoms with van der Waals surface area (Å²) in [5.41, 5.74) is 4.94. The van der Waals surface area contributed by atoms with Crippen molar-refractivity contribution in [3.63, 3.8) is 0 Å². The zero-order valence-electron chi connectivity index (χ0n) is 16.5. The van der Waals surface area contributed by atoms with E-state index < -0.39 is 6.10 Å². The fraction of sp³-hybridized carbons (Fsp3) is 0.458. The highest BCUT2D eigenvalue weighted by atomic mass is 16.5. The summed E-state index contributed by atoms with van der Waals surface area (Å²) in [6.45, 7) is 0.831. The number of hydrogen-bond acceptors (Lipinski definition) is 4. The number of nitrogens with zero attached hydrogens (tertiary/aromatic N) is 1. The van der Waals surface area contributed by atoms with E-state index in [0.717, 1.165) is 12.8 Å². The van der Waals surface area contributed by atoms with Crippen molar-refractivity contribution >= 4 is 6.09 Å². The summed E-state index contributed by atoms with van der Waals surface area (Å²) in [6.07, 6.45) is 1.04. The highest BCUT2D eigenvalue weighted by Crippen LogP contribution is 2.66. The second-order valence-electron chi connectivity index (χ2n) is 8.90. The van der Waals surface area contributed by atoms with Gasteiger partial charge in [-0.1, -0.05) is 48.5 Å². The molecule has 2 saturated heterocycles. The first-order valence-electron chi connectivity index (χ1n) is 10.5. The van der Waals surface area contributed by atoms with Gasteiger partial charge in [0.1, 0.15) is 6.10 Å². The van der Waals surface area contributed by atoms with Crippen molar-refractivity contribution in [2.75, 3.05) is 20.3 Å². The third kappa shape index (κ3) is 2.20. The van der Waals surface area contributed by atoms with E-state index in [-0.39, 0.29) is 36.2 Å². The molecule has 1 saturated carbocycles. The van der Waals surface area contributed by atoms with Gasteiger partial charge >= 0.3 is 6.09 Å². The molecule has 0 radical (unpaired) electrons. The van der Waals surface area contributed by atoms with Crippen LogP contribution in [-0.2, 0) is 9.47 Å². The molecule has 5 heteroatoms. The topological polar surface area (TPSA) is 59.0 Å². The number of aliphatic hydroxyl groups excluding tert-OH is 1. The monoisotopic (exact) mass is 391 g/mol. The molecule has 0 aromatic heterocycles. The van der Waals surface area contributed by atoms with Crippen molar-refractivity contribution < 1.29 is 19.4 Å². The molecule has 2 aromatic carbocycles. The molecular weight excluding hydrogens is 366 g/mol. The smallest absolute Gasteiger partial charge is 0.409 e. The number of hydrogen-bond donors (Lipinski definition) is 1. The second-order valence-corrected chi connectivity index (χ2v) is 8.90. The Hall–Kier alpha value is -2.37. The van der Waals surface area contributed by atoms with E-state index in [1.54, 1.807) is 4.90 Å². The van der Waals surface area contributed by atoms with Gasteiger partial charge < -0.3 is 14.6 Å². The van der Waals surface area contributed by atoms with Crippen LogP contribution in [0.5, 0.6) is 0 Å². The lowest BCUT2D eigenvalue weighted by molar-refractivity contribution is -0.00687. The first kappa shape index (κ1) is 17.5. The molecule has 1 amide bonds. The largest absolute Gasteiger partial charge is 0.453 e. The van der Waals surface area contributed by atoms with Crippen LogP contribution in [0, 0.1) is 11.3 Å². The summed E-state index contributed by atoms with van der Waals surface area (Å²) in [5, 5.41) is 10.7. The van der Waals surface area contributed by atoms with Crippen molar-refractivity contribution in [3.05, 3.63) is 59.7 Å². The number of aliphatic hydroxyl groups is 1. The molecule has 2 aromatic rings. The summed E-state index contributed by atoms with van der Waals surface area (Å²) in [5.74, 6) is 0.619. The van der Waals surface area contributed by atoms with Crippen molar-refractivity contribution in [1.29, 1.82) is 0 Å². The summed E-state index contributed by atoms with van der Waals surface area (Å²) in [7, 11) is 1.41. The predicted octanol–water partition coefficient (Wildman–Crippen LogP) is 3.41. The minimum absolute atomic E-state index is 0.148. The number of rotatable bonds is 2. The number of methoxy groups -OCH3 is 1. The molecule has 4 aliphatic rings. The Morgan fingerprint density at radius 1 is 1.10 bits per heavy atom. The highest BCUT2D eigenvalue weighted by Gasteiger charge is 2.68. The van der Waals surface area contributed by atoms with Gasteiger partial charge in [-0.3, -0.25) is 4.90 Å². The number of carbonyl (C=O) groups is 1. The van der Waals surface area contributed by atoms with E-state index in [0.29, 0.717) is 12.5 Å². The van der Waals surface area contributed by atoms with Gasteiger partial charge in [-0.05, 0) is 41.0 Å². The van der Waals surface area contributed by atoms with E-state index in [4.69, 9.17) is 9.47 Å². The number of benzene rings is 2. The van der Waals surface area contributed by atoms with Gasteiger partial charge in [-0.15, -0.1) is 0 Å². The second kappa shape index (κ2) is 6.07. The highest BCUT2D eigenvalue weighted by molar-refractivity contribution is 5.80. The summed E-state index contributed by atoms with van der Waals surface area (Å²) >= 11 is 0. The Morgan fingerprint density at radius 2 is 1.72 bits per heavy atom. The Morgan fingerprint density at radius 3 is 2.31 bits per heavy atom. The molecule has 0 unspecified atom stereocenters. The van der Waals surface area contributed by atoms with Crippen LogP contribution in [0.4, 0.5) is 4.79 Å². The van der Waals surface area contributed by atoms with Crippen molar-refractivity contribution in [2.45, 2.75) is 37.0 Å². The number of fused-ring (bicyclic) bond motifs is 4. The predicted molar refractivity (Wildman–Crippen MR) is 108 cm³/mol. The van der Waals surface area contributed by atoms with Gasteiger partial charge in [0.05, 0.1) is 25.9 Å². The normalized spacial score (nSPS) is 32.8. The van der Waals surface area contributed by atoms with E-state index in [2.05, 4.69) is 48.5 Å². The quantitative estimate of drug-likeness (QED) is 0.852. The average Bonchev–Trinajstić information content (AvgIpc) is 3.35. The van der Waals surface area contributed by atoms with Crippen LogP contribution >= 0.6 is 0 Å². The Kier molecular flexibility index (Phi) is 3.66. The molecule has 2 heterocycles. The molecule has 6 rings (SSSR count). The van der Waals surface area contributed by atoms with Gasteiger partial charge in [-0.25, -0.2) is 4.79 Å². The van der Waals surface area contributed by atoms with Crippen molar-refractivity contribution in [2.24, 2.45) is 11.3 Å². The molecule has 5 nitrogen and oxygen atoms in total. The maximum absolute atomic E-state index is 12.7. The van der Waals surface area contributed by atoms with Crippen LogP contribution in [0.25, 0.3) is 11.1 Å². The Labute approximate surface area is 170 Å². The molecule has 150 valence electrons. The van der Waals surface area contributed by atoms with Gasteiger partial charge in [0.15, 0.2) is 0 Å². The Balaban J connectivity index is 1.57. The molecule has 2 aliphatic carbocycles. The number of ether oxygens (including phenoxy) is 2. The molecule has 4 atom stereocenters. The average molecular weight is 391 g/mol. The number of likely N-dealkylation sites (tertiary alicyclic amines) is 1. The molecule has 1 N–H and O–H groups in total. The summed E-state index contributed by atoms with van der Waals surface area (Å²) in [6, 6.07) is 16.9. The number of amides is 1. The molecule has 0 bridgehead atoms. The zero-order chi connectivity index (χ0) is 19.8. The SMILES string of the molecule is COC(=O)N1C[C@@](C2CC2)(C2c3ccccc3-c3ccccc32)[C@H]2OC[C@H](O)[C@H]21. The minimum Gasteiger partial charge on any atom is -0.453 e. The van der Waals surface area contributed by atoms with E-state index in [1.165, 1.54) is 29.4 Å². The number of carbonyl (C=O) groups excluding carboxylic acids is 1. The maximum atomic E-state index is 12.7. The third-order valence-electron chi connectivity index (χ3n) is 7.60. The van der Waals surface area contributed by atoms with E-state index >= 15 is 0 Å². The lowest BCUT2D eigenvalue weighted by atomic mass is 9.64. The lowest BCUT2D eigenvalue weighted by Crippen LogP contribution is -2.44. The van der Waals surface area contributed by atoms with Crippen LogP contribution in [0.1, 0.15) is 29.9 Å². The zero-order valence-corrected chi connectivity index (χ0v) is 16.5. The van der Waals surface area contributed by atoms with Crippen molar-refractivity contribution in [1.82, 2.24) is 4.90 Å². The van der Waals surface area contributed by atoms with Crippen LogP contribution in [0.15, 0.2) is 48.5 Å². The first-order valence-corrected chi connectivity index (χ1v) is 10.5. The van der Waals surface area contributed by atoms with Crippen LogP contribution in [-0.4, -0.2) is 54.6 Å². The van der Waals surface area contributed by atoms with Crippen LogP contribution < -0.4 is 0 Å². The molecule has 29 heavy (non-hydrogen) atoms. The lowest BCUT2D eigenvalue weighted by Gasteiger charge is -2.40. The Bertz CT molecular complexity index is 941. The minimum atomic E-state index is -0.674. The standard InChI is InChI=1S/C24H25NO4/c1-28-23(27)25-13-24(14-10-11-14,22-21(25)19(26)12-29-22)20-17-8-4-2-6-15(17)16-7-3-5-9-18(16)20/h2-9,14,19-22,26H,10-13H2,1H3/t19-,21+,22-,24+/m0/s1. The summed E-state index contributed by atoms with van der Waals surface area (Å²) < 4.78 is 11.4. The van der Waals surface area contributed by atoms with Gasteiger partial charge in [0.25, 0.3) is 0 Å². The fourth-order valence-electron chi connectivity index (χ4n) is 6.45. The van der Waals surface area contributed by atoms with E-state index in [1.807, 2.05) is 0 Å². The summed E-state index contributed by atoms with van der Waals surface area (Å²) in [4.78, 5) is 14.4. The molecule has 0 spiro atoms. The molecule has 2 aliphatic heterocycles. The van der Waals surface area contributed by atoms with E-state index in [9.17, 15) is 9.90 Å². The van der Waals surface area contributed by atoms with Gasteiger partial charge in [0.2, 0.25) is 0 Å². The van der Waals surface area contributed by atoms with Gasteiger partial charge in [0, 0.05) is 17.9 Å². The third-order valence-corrected chi connectivity index (χ3v) is 7.60. The fourth-order valence-corrected chi connectivity index (χ4v) is 6.45. The van der Waals surface area contributed by atoms with Crippen molar-refractivity contribution in [3.8, 4) is 11.1 Å². The van der Waals surface area contributed by atoms with Gasteiger partial charge in [-0.2, -0.15) is 0 Å². The first-order chi connectivity index (χ1) is 14.2. The molecular formula is C24H25NO4. The molecule has 3 fully saturated rings. The van der Waals surface area contributed by atoms with Crippen LogP contribution in [0.3, 0.4) is 0 Å². The maximum Gasteiger partial charge on any atom is 0.409 e. The van der Waals surface area contributed by atoms with Crippen LogP contribution in [0.2, 0.25) is 0 Å².